The average molecular weight is 291 g/mol. The first-order valence-electron chi connectivity index (χ1n) is 8.16. The molecule has 2 rings (SSSR count). The monoisotopic (exact) mass is 291 g/mol. The quantitative estimate of drug-likeness (QED) is 0.784. The van der Waals surface area contributed by atoms with Crippen LogP contribution in [0.4, 0.5) is 5.82 Å². The van der Waals surface area contributed by atoms with Gasteiger partial charge in [0.05, 0.1) is 0 Å². The van der Waals surface area contributed by atoms with Gasteiger partial charge in [0.25, 0.3) is 0 Å². The smallest absolute Gasteiger partial charge is 0.128 e. The predicted molar refractivity (Wildman–Crippen MR) is 87.8 cm³/mol. The van der Waals surface area contributed by atoms with E-state index in [1.54, 1.807) is 0 Å². The number of hydrogen-bond donors (Lipinski definition) is 1. The lowest BCUT2D eigenvalue weighted by molar-refractivity contribution is 0.0685. The van der Waals surface area contributed by atoms with Gasteiger partial charge in [-0.1, -0.05) is 6.92 Å². The molecule has 1 saturated heterocycles. The Morgan fingerprint density at radius 3 is 2.81 bits per heavy atom. The molecule has 0 bridgehead atoms. The standard InChI is InChI=1S/C17H29N3O/c1-4-7-18-12-16-10-14(2)19-17(11-16)20(3)13-15-5-8-21-9-6-15/h10-11,15,18H,4-9,12-13H2,1-3H3. The van der Waals surface area contributed by atoms with Crippen LogP contribution in [0.5, 0.6) is 0 Å². The fourth-order valence-electron chi connectivity index (χ4n) is 2.84. The largest absolute Gasteiger partial charge is 0.381 e. The van der Waals surface area contributed by atoms with Crippen LogP contribution in [0.2, 0.25) is 0 Å². The highest BCUT2D eigenvalue weighted by Crippen LogP contribution is 2.20. The fraction of sp³-hybridized carbons (Fsp3) is 0.706. The zero-order valence-electron chi connectivity index (χ0n) is 13.7. The van der Waals surface area contributed by atoms with Crippen LogP contribution in [0.1, 0.15) is 37.4 Å². The molecular weight excluding hydrogens is 262 g/mol. The van der Waals surface area contributed by atoms with Gasteiger partial charge in [0.1, 0.15) is 5.82 Å². The molecule has 1 aromatic heterocycles. The fourth-order valence-corrected chi connectivity index (χ4v) is 2.84. The van der Waals surface area contributed by atoms with Crippen LogP contribution in [0.15, 0.2) is 12.1 Å². The van der Waals surface area contributed by atoms with Gasteiger partial charge in [-0.05, 0) is 56.3 Å². The summed E-state index contributed by atoms with van der Waals surface area (Å²) in [6.07, 6.45) is 3.50. The molecule has 1 fully saturated rings. The summed E-state index contributed by atoms with van der Waals surface area (Å²) in [5, 5.41) is 3.46. The van der Waals surface area contributed by atoms with Crippen molar-refractivity contribution in [2.45, 2.75) is 39.7 Å². The molecule has 0 amide bonds. The van der Waals surface area contributed by atoms with Crippen LogP contribution in [-0.4, -0.2) is 38.3 Å². The summed E-state index contributed by atoms with van der Waals surface area (Å²) < 4.78 is 5.44. The molecule has 118 valence electrons. The highest BCUT2D eigenvalue weighted by atomic mass is 16.5. The molecule has 0 saturated carbocycles. The molecule has 0 aliphatic carbocycles. The molecule has 21 heavy (non-hydrogen) atoms. The summed E-state index contributed by atoms with van der Waals surface area (Å²) in [5.74, 6) is 1.82. The number of rotatable bonds is 7. The molecule has 1 aromatic rings. The van der Waals surface area contributed by atoms with Crippen molar-refractivity contribution in [3.05, 3.63) is 23.4 Å². The molecule has 4 heteroatoms. The Labute approximate surface area is 128 Å². The van der Waals surface area contributed by atoms with Gasteiger partial charge in [0.15, 0.2) is 0 Å². The van der Waals surface area contributed by atoms with E-state index in [0.29, 0.717) is 0 Å². The van der Waals surface area contributed by atoms with Crippen molar-refractivity contribution in [3.8, 4) is 0 Å². The van der Waals surface area contributed by atoms with E-state index >= 15 is 0 Å². The van der Waals surface area contributed by atoms with Crippen molar-refractivity contribution in [1.82, 2.24) is 10.3 Å². The van der Waals surface area contributed by atoms with E-state index in [0.717, 1.165) is 50.3 Å². The van der Waals surface area contributed by atoms with Crippen molar-refractivity contribution >= 4 is 5.82 Å². The van der Waals surface area contributed by atoms with E-state index in [4.69, 9.17) is 9.72 Å². The van der Waals surface area contributed by atoms with Crippen LogP contribution in [0.25, 0.3) is 0 Å². The SMILES string of the molecule is CCCNCc1cc(C)nc(N(C)CC2CCOCC2)c1. The summed E-state index contributed by atoms with van der Waals surface area (Å²) >= 11 is 0. The number of nitrogens with one attached hydrogen (secondary N) is 1. The number of hydrogen-bond acceptors (Lipinski definition) is 4. The van der Waals surface area contributed by atoms with E-state index in [-0.39, 0.29) is 0 Å². The Morgan fingerprint density at radius 1 is 1.33 bits per heavy atom. The topological polar surface area (TPSA) is 37.4 Å². The predicted octanol–water partition coefficient (Wildman–Crippen LogP) is 2.75. The van der Waals surface area contributed by atoms with Crippen LogP contribution in [0, 0.1) is 12.8 Å². The number of anilines is 1. The number of pyridine rings is 1. The second-order valence-electron chi connectivity index (χ2n) is 6.09. The molecule has 1 aliphatic rings. The number of aromatic nitrogens is 1. The molecule has 0 radical (unpaired) electrons. The maximum Gasteiger partial charge on any atom is 0.128 e. The maximum absolute atomic E-state index is 5.44. The summed E-state index contributed by atoms with van der Waals surface area (Å²) in [7, 11) is 2.15. The Balaban J connectivity index is 1.96. The van der Waals surface area contributed by atoms with Gasteiger partial charge >= 0.3 is 0 Å². The van der Waals surface area contributed by atoms with E-state index in [1.807, 2.05) is 0 Å². The number of nitrogens with zero attached hydrogens (tertiary/aromatic N) is 2. The highest BCUT2D eigenvalue weighted by molar-refractivity contribution is 5.42. The third-order valence-corrected chi connectivity index (χ3v) is 4.02. The first kappa shape index (κ1) is 16.2. The molecule has 1 N–H and O–H groups in total. The van der Waals surface area contributed by atoms with E-state index in [9.17, 15) is 0 Å². The van der Waals surface area contributed by atoms with Crippen LogP contribution < -0.4 is 10.2 Å². The maximum atomic E-state index is 5.44. The molecule has 1 aliphatic heterocycles. The van der Waals surface area contributed by atoms with Crippen molar-refractivity contribution < 1.29 is 4.74 Å². The Kier molecular flexibility index (Phi) is 6.46. The van der Waals surface area contributed by atoms with E-state index in [1.165, 1.54) is 24.8 Å². The first-order chi connectivity index (χ1) is 10.2. The van der Waals surface area contributed by atoms with E-state index < -0.39 is 0 Å². The lowest BCUT2D eigenvalue weighted by atomic mass is 10.00. The second kappa shape index (κ2) is 8.35. The van der Waals surface area contributed by atoms with Gasteiger partial charge in [-0.25, -0.2) is 4.98 Å². The molecule has 0 spiro atoms. The third-order valence-electron chi connectivity index (χ3n) is 4.02. The van der Waals surface area contributed by atoms with Crippen molar-refractivity contribution in [1.29, 1.82) is 0 Å². The number of aryl methyl sites for hydroxylation is 1. The molecule has 0 unspecified atom stereocenters. The second-order valence-corrected chi connectivity index (χ2v) is 6.09. The summed E-state index contributed by atoms with van der Waals surface area (Å²) in [5.41, 5.74) is 2.42. The van der Waals surface area contributed by atoms with Gasteiger partial charge in [0, 0.05) is 39.0 Å². The van der Waals surface area contributed by atoms with Gasteiger partial charge in [0.2, 0.25) is 0 Å². The van der Waals surface area contributed by atoms with Crippen molar-refractivity contribution in [2.75, 3.05) is 38.3 Å². The minimum absolute atomic E-state index is 0.729. The summed E-state index contributed by atoms with van der Waals surface area (Å²) in [6.45, 7) is 9.15. The van der Waals surface area contributed by atoms with Crippen molar-refractivity contribution in [3.63, 3.8) is 0 Å². The van der Waals surface area contributed by atoms with Gasteiger partial charge in [-0.2, -0.15) is 0 Å². The molecule has 4 nitrogen and oxygen atoms in total. The van der Waals surface area contributed by atoms with Gasteiger partial charge < -0.3 is 15.0 Å². The highest BCUT2D eigenvalue weighted by Gasteiger charge is 2.16. The molecule has 0 aromatic carbocycles. The summed E-state index contributed by atoms with van der Waals surface area (Å²) in [6, 6.07) is 4.39. The number of ether oxygens (including phenoxy) is 1. The van der Waals surface area contributed by atoms with E-state index in [2.05, 4.69) is 43.2 Å². The molecule has 2 heterocycles. The minimum Gasteiger partial charge on any atom is -0.381 e. The lowest BCUT2D eigenvalue weighted by Crippen LogP contribution is -2.30. The normalized spacial score (nSPS) is 16.1. The minimum atomic E-state index is 0.729. The zero-order chi connectivity index (χ0) is 15.1. The zero-order valence-corrected chi connectivity index (χ0v) is 13.7. The van der Waals surface area contributed by atoms with Gasteiger partial charge in [-0.3, -0.25) is 0 Å². The lowest BCUT2D eigenvalue weighted by Gasteiger charge is -2.28. The van der Waals surface area contributed by atoms with Crippen LogP contribution in [-0.2, 0) is 11.3 Å². The van der Waals surface area contributed by atoms with Crippen molar-refractivity contribution in [2.24, 2.45) is 5.92 Å². The molecular formula is C17H29N3O. The Hall–Kier alpha value is -1.13. The average Bonchev–Trinajstić information content (AvgIpc) is 2.48. The van der Waals surface area contributed by atoms with Crippen LogP contribution >= 0.6 is 0 Å². The van der Waals surface area contributed by atoms with Crippen LogP contribution in [0.3, 0.4) is 0 Å². The van der Waals surface area contributed by atoms with Gasteiger partial charge in [-0.15, -0.1) is 0 Å². The third kappa shape index (κ3) is 5.29. The Morgan fingerprint density at radius 2 is 2.10 bits per heavy atom. The summed E-state index contributed by atoms with van der Waals surface area (Å²) in [4.78, 5) is 6.99. The first-order valence-corrected chi connectivity index (χ1v) is 8.16. The Bertz CT molecular complexity index is 430. The molecule has 0 atom stereocenters.